The number of benzene rings is 4. The van der Waals surface area contributed by atoms with E-state index in [0.29, 0.717) is 5.75 Å². The Hall–Kier alpha value is -4.68. The zero-order valence-corrected chi connectivity index (χ0v) is 43.4. The van der Waals surface area contributed by atoms with Gasteiger partial charge in [-0.25, -0.2) is 0 Å². The maximum absolute atomic E-state index is 12.0. The molecule has 0 aromatic heterocycles. The highest BCUT2D eigenvalue weighted by molar-refractivity contribution is 7.81. The van der Waals surface area contributed by atoms with Crippen LogP contribution >= 0.6 is 0 Å². The van der Waals surface area contributed by atoms with Gasteiger partial charge in [-0.15, -0.1) is 6.58 Å². The Bertz CT molecular complexity index is 1850. The van der Waals surface area contributed by atoms with Crippen molar-refractivity contribution in [3.05, 3.63) is 162 Å². The van der Waals surface area contributed by atoms with E-state index in [1.165, 1.54) is 192 Å². The van der Waals surface area contributed by atoms with E-state index in [0.717, 1.165) is 6.42 Å². The number of allylic oxidation sites excluding steroid dienone is 4. The third-order valence-corrected chi connectivity index (χ3v) is 10.9. The van der Waals surface area contributed by atoms with Crippen molar-refractivity contribution in [2.75, 3.05) is 7.11 Å². The van der Waals surface area contributed by atoms with E-state index in [-0.39, 0.29) is 5.75 Å². The first-order valence-electron chi connectivity index (χ1n) is 24.9. The lowest BCUT2D eigenvalue weighted by atomic mass is 10.00. The topological polar surface area (TPSA) is 52.6 Å². The molecular weight excluding hydrogens is 836 g/mol. The van der Waals surface area contributed by atoms with Crippen LogP contribution < -0.4 is 8.92 Å². The van der Waals surface area contributed by atoms with E-state index in [2.05, 4.69) is 163 Å². The lowest BCUT2D eigenvalue weighted by Gasteiger charge is -2.06. The van der Waals surface area contributed by atoms with Crippen molar-refractivity contribution in [1.29, 1.82) is 0 Å². The number of ether oxygens (including phenoxy) is 1. The molecule has 366 valence electrons. The van der Waals surface area contributed by atoms with E-state index in [1.807, 2.05) is 6.08 Å². The molecule has 0 atom stereocenters. The monoisotopic (exact) mass is 925 g/mol. The Morgan fingerprint density at radius 1 is 0.515 bits per heavy atom. The van der Waals surface area contributed by atoms with Crippen molar-refractivity contribution in [2.45, 2.75) is 177 Å². The summed E-state index contributed by atoms with van der Waals surface area (Å²) in [6.45, 7) is 23.2. The number of hydrogen-bond donors (Lipinski definition) is 0. The van der Waals surface area contributed by atoms with Gasteiger partial charge in [-0.2, -0.15) is 8.42 Å². The van der Waals surface area contributed by atoms with Gasteiger partial charge in [-0.1, -0.05) is 235 Å². The van der Waals surface area contributed by atoms with Gasteiger partial charge in [0.25, 0.3) is 0 Å². The quantitative estimate of drug-likeness (QED) is 0.0358. The van der Waals surface area contributed by atoms with Gasteiger partial charge in [0.05, 0.1) is 7.11 Å². The number of rotatable bonds is 26. The van der Waals surface area contributed by atoms with Crippen LogP contribution in [0.5, 0.6) is 11.5 Å². The Balaban J connectivity index is 0.000000811. The van der Waals surface area contributed by atoms with Crippen molar-refractivity contribution in [2.24, 2.45) is 0 Å². The van der Waals surface area contributed by atoms with Crippen molar-refractivity contribution >= 4 is 28.2 Å². The molecule has 0 aliphatic heterocycles. The number of aryl methyl sites for hydroxylation is 3. The van der Waals surface area contributed by atoms with Gasteiger partial charge in [0, 0.05) is 0 Å². The molecule has 4 nitrogen and oxygen atoms in total. The molecule has 0 aliphatic carbocycles. The molecule has 4 aromatic rings. The molecule has 0 bridgehead atoms. The predicted octanol–water partition coefficient (Wildman–Crippen LogP) is 19.4. The average molecular weight is 925 g/mol. The van der Waals surface area contributed by atoms with Crippen LogP contribution in [0.4, 0.5) is 3.89 Å². The van der Waals surface area contributed by atoms with Gasteiger partial charge in [-0.3, -0.25) is 0 Å². The van der Waals surface area contributed by atoms with Crippen molar-refractivity contribution in [1.82, 2.24) is 0 Å². The summed E-state index contributed by atoms with van der Waals surface area (Å²) in [6.07, 6.45) is 37.3. The number of halogens is 1. The third-order valence-electron chi connectivity index (χ3n) is 10.5. The summed E-state index contributed by atoms with van der Waals surface area (Å²) >= 11 is 0. The number of unbranched alkanes of at least 4 members (excludes halogenated alkanes) is 15. The molecule has 0 fully saturated rings. The molecule has 0 unspecified atom stereocenters. The zero-order chi connectivity index (χ0) is 49.1. The van der Waals surface area contributed by atoms with Crippen LogP contribution in [0.15, 0.2) is 128 Å². The van der Waals surface area contributed by atoms with Crippen LogP contribution in [0, 0.1) is 20.8 Å². The molecule has 0 aliphatic rings. The summed E-state index contributed by atoms with van der Waals surface area (Å²) in [5.41, 5.74) is 9.19. The van der Waals surface area contributed by atoms with Gasteiger partial charge >= 0.3 is 10.5 Å². The minimum Gasteiger partial charge on any atom is -0.497 e. The second-order valence-electron chi connectivity index (χ2n) is 16.9. The van der Waals surface area contributed by atoms with E-state index in [4.69, 9.17) is 4.74 Å². The first-order chi connectivity index (χ1) is 31.8. The first-order valence-corrected chi connectivity index (χ1v) is 26.2. The lowest BCUT2D eigenvalue weighted by molar-refractivity contribution is 0.412. The Labute approximate surface area is 405 Å². The van der Waals surface area contributed by atoms with Crippen molar-refractivity contribution in [3.8, 4) is 11.5 Å². The maximum Gasteiger partial charge on any atom is 0.488 e. The van der Waals surface area contributed by atoms with Gasteiger partial charge < -0.3 is 8.92 Å². The minimum atomic E-state index is -4.94. The van der Waals surface area contributed by atoms with E-state index in [9.17, 15) is 12.3 Å². The largest absolute Gasteiger partial charge is 0.497 e. The fraction of sp³-hybridized carbons (Fsp3) is 0.467. The Kier molecular flexibility index (Phi) is 38.8. The van der Waals surface area contributed by atoms with E-state index >= 15 is 0 Å². The zero-order valence-electron chi connectivity index (χ0n) is 42.6. The second kappa shape index (κ2) is 41.7. The van der Waals surface area contributed by atoms with Crippen LogP contribution in [0.25, 0.3) is 17.7 Å². The molecule has 4 aromatic carbocycles. The highest BCUT2D eigenvalue weighted by Crippen LogP contribution is 2.21. The predicted molar refractivity (Wildman–Crippen MR) is 290 cm³/mol. The molecule has 0 saturated carbocycles. The molecule has 0 saturated heterocycles. The first kappa shape index (κ1) is 61.3. The SMILES string of the molecule is C=C(CCCCCC)c1ccc(C)cc1.C=CCCCCCC.CCCCCC/C=C/c1ccc(C)cc1.CCCCCC/C=C\c1ccc(C)cc1.COc1ccc(OS(=O)(=O)F)cc1. The maximum atomic E-state index is 12.0. The number of hydrogen-bond acceptors (Lipinski definition) is 4. The minimum absolute atomic E-state index is 0.0942. The fourth-order valence-corrected chi connectivity index (χ4v) is 6.67. The molecule has 0 radical (unpaired) electrons. The summed E-state index contributed by atoms with van der Waals surface area (Å²) in [6, 6.07) is 31.5. The van der Waals surface area contributed by atoms with Gasteiger partial charge in [0.2, 0.25) is 0 Å². The van der Waals surface area contributed by atoms with E-state index < -0.39 is 10.5 Å². The summed E-state index contributed by atoms with van der Waals surface area (Å²) in [5, 5.41) is 0. The van der Waals surface area contributed by atoms with Crippen LogP contribution in [0.1, 0.15) is 189 Å². The van der Waals surface area contributed by atoms with Gasteiger partial charge in [0.15, 0.2) is 0 Å². The number of methoxy groups -OCH3 is 1. The van der Waals surface area contributed by atoms with Crippen molar-refractivity contribution in [3.63, 3.8) is 0 Å². The molecule has 6 heteroatoms. The Morgan fingerprint density at radius 3 is 1.24 bits per heavy atom. The van der Waals surface area contributed by atoms with Gasteiger partial charge in [-0.05, 0) is 119 Å². The van der Waals surface area contributed by atoms with E-state index in [1.54, 1.807) is 0 Å². The summed E-state index contributed by atoms with van der Waals surface area (Å²) in [5.74, 6) is 0.437. The molecular formula is C60H89FO4S. The van der Waals surface area contributed by atoms with Crippen LogP contribution in [-0.4, -0.2) is 15.5 Å². The molecule has 66 heavy (non-hydrogen) atoms. The summed E-state index contributed by atoms with van der Waals surface area (Å²) in [4.78, 5) is 0. The highest BCUT2D eigenvalue weighted by atomic mass is 32.3. The normalized spacial score (nSPS) is 10.6. The van der Waals surface area contributed by atoms with Crippen molar-refractivity contribution < 1.29 is 21.2 Å². The highest BCUT2D eigenvalue weighted by Gasteiger charge is 2.08. The average Bonchev–Trinajstić information content (AvgIpc) is 3.31. The van der Waals surface area contributed by atoms with Crippen LogP contribution in [-0.2, 0) is 10.5 Å². The van der Waals surface area contributed by atoms with Crippen LogP contribution in [0.2, 0.25) is 0 Å². The Morgan fingerprint density at radius 2 is 0.879 bits per heavy atom. The standard InChI is InChI=1S/3C15H22.C8H16.C7H7FO4S/c1-4-5-6-7-8-14(3)15-11-9-13(2)10-12-15;2*1-3-4-5-6-7-8-9-15-12-10-14(2)11-13-15;1-3-5-7-8-6-4-2;1-11-6-2-4-7(5-3-6)12-13(8,9)10/h9-12H,3-8H2,1-2H3;2*8-13H,3-7H2,1-2H3;3H,1,4-8H2,2H3;2-5H,1H3/b;9-8+;9-8-;;. The molecule has 0 amide bonds. The molecule has 0 N–H and O–H groups in total. The second-order valence-corrected chi connectivity index (χ2v) is 17.8. The van der Waals surface area contributed by atoms with Crippen LogP contribution in [0.3, 0.4) is 0 Å². The fourth-order valence-electron chi connectivity index (χ4n) is 6.33. The smallest absolute Gasteiger partial charge is 0.488 e. The molecule has 0 spiro atoms. The lowest BCUT2D eigenvalue weighted by Crippen LogP contribution is -2.00. The third kappa shape index (κ3) is 37.5. The summed E-state index contributed by atoms with van der Waals surface area (Å²) < 4.78 is 40.8. The van der Waals surface area contributed by atoms with Gasteiger partial charge in [0.1, 0.15) is 11.5 Å². The molecule has 4 rings (SSSR count). The molecule has 0 heterocycles. The summed E-state index contributed by atoms with van der Waals surface area (Å²) in [7, 11) is -3.48.